The van der Waals surface area contributed by atoms with Gasteiger partial charge < -0.3 is 4.90 Å². The molecular weight excluding hydrogens is 240 g/mol. The third-order valence-corrected chi connectivity index (χ3v) is 4.06. The molecule has 0 radical (unpaired) electrons. The molecule has 1 heterocycles. The van der Waals surface area contributed by atoms with Crippen LogP contribution in [0.4, 0.5) is 5.13 Å². The van der Waals surface area contributed by atoms with Crippen LogP contribution < -0.4 is 4.90 Å². The molecule has 0 bridgehead atoms. The predicted molar refractivity (Wildman–Crippen MR) is 71.5 cm³/mol. The van der Waals surface area contributed by atoms with E-state index in [1.54, 1.807) is 11.3 Å². The molecule has 1 aromatic rings. The molecule has 1 saturated carbocycles. The van der Waals surface area contributed by atoms with Crippen molar-refractivity contribution in [3.05, 3.63) is 11.1 Å². The summed E-state index contributed by atoms with van der Waals surface area (Å²) in [5.74, 6) is 1.29. The largest absolute Gasteiger partial charge is 0.345 e. The van der Waals surface area contributed by atoms with E-state index in [2.05, 4.69) is 29.1 Å². The number of thiazole rings is 1. The third-order valence-electron chi connectivity index (χ3n) is 2.86. The van der Waals surface area contributed by atoms with Crippen LogP contribution in [0.5, 0.6) is 0 Å². The summed E-state index contributed by atoms with van der Waals surface area (Å²) < 4.78 is 0. The molecule has 0 N–H and O–H groups in total. The minimum Gasteiger partial charge on any atom is -0.345 e. The highest BCUT2D eigenvalue weighted by Gasteiger charge is 2.30. The summed E-state index contributed by atoms with van der Waals surface area (Å²) in [5, 5.41) is 3.24. The molecule has 0 amide bonds. The molecule has 0 unspecified atom stereocenters. The quantitative estimate of drug-likeness (QED) is 0.720. The first-order valence-corrected chi connectivity index (χ1v) is 7.39. The van der Waals surface area contributed by atoms with Crippen LogP contribution in [0.1, 0.15) is 38.8 Å². The maximum absolute atomic E-state index is 5.79. The molecule has 2 rings (SSSR count). The van der Waals surface area contributed by atoms with Gasteiger partial charge in [-0.15, -0.1) is 22.9 Å². The fourth-order valence-electron chi connectivity index (χ4n) is 1.71. The van der Waals surface area contributed by atoms with Crippen LogP contribution in [0.3, 0.4) is 0 Å². The number of anilines is 1. The Hall–Kier alpha value is -0.280. The van der Waals surface area contributed by atoms with Crippen molar-refractivity contribution in [2.24, 2.45) is 5.92 Å². The van der Waals surface area contributed by atoms with E-state index in [1.165, 1.54) is 24.4 Å². The molecule has 0 spiro atoms. The monoisotopic (exact) mass is 258 g/mol. The van der Waals surface area contributed by atoms with Gasteiger partial charge in [0.15, 0.2) is 5.13 Å². The lowest BCUT2D eigenvalue weighted by Gasteiger charge is -2.22. The van der Waals surface area contributed by atoms with Crippen molar-refractivity contribution in [2.75, 3.05) is 11.4 Å². The molecule has 0 aliphatic heterocycles. The Labute approximate surface area is 107 Å². The normalized spacial score (nSPS) is 15.8. The van der Waals surface area contributed by atoms with Crippen LogP contribution in [0, 0.1) is 5.92 Å². The first-order chi connectivity index (χ1) is 7.70. The minimum absolute atomic E-state index is 0.527. The fraction of sp³-hybridized carbons (Fsp3) is 0.750. The van der Waals surface area contributed by atoms with E-state index in [0.29, 0.717) is 5.88 Å². The van der Waals surface area contributed by atoms with Crippen molar-refractivity contribution >= 4 is 28.1 Å². The van der Waals surface area contributed by atoms with E-state index in [4.69, 9.17) is 11.6 Å². The first kappa shape index (κ1) is 12.2. The SMILES string of the molecule is CC(C)CCN(c1nc(CCl)cs1)C1CC1. The number of hydrogen-bond acceptors (Lipinski definition) is 3. The Kier molecular flexibility index (Phi) is 4.09. The number of hydrogen-bond donors (Lipinski definition) is 0. The van der Waals surface area contributed by atoms with Crippen molar-refractivity contribution in [3.63, 3.8) is 0 Å². The number of alkyl halides is 1. The molecule has 1 aliphatic carbocycles. The van der Waals surface area contributed by atoms with Crippen molar-refractivity contribution in [3.8, 4) is 0 Å². The summed E-state index contributed by atoms with van der Waals surface area (Å²) in [6, 6.07) is 0.744. The number of aromatic nitrogens is 1. The van der Waals surface area contributed by atoms with Gasteiger partial charge in [0.1, 0.15) is 0 Å². The molecule has 0 aromatic carbocycles. The molecule has 1 aliphatic rings. The lowest BCUT2D eigenvalue weighted by Crippen LogP contribution is -2.27. The Morgan fingerprint density at radius 2 is 2.31 bits per heavy atom. The summed E-state index contributed by atoms with van der Waals surface area (Å²) in [5.41, 5.74) is 1.01. The molecular formula is C12H19ClN2S. The molecule has 4 heteroatoms. The van der Waals surface area contributed by atoms with Crippen molar-refractivity contribution < 1.29 is 0 Å². The highest BCUT2D eigenvalue weighted by molar-refractivity contribution is 7.13. The maximum atomic E-state index is 5.79. The average molecular weight is 259 g/mol. The second kappa shape index (κ2) is 5.37. The predicted octanol–water partition coefficient (Wildman–Crippen LogP) is 3.90. The Morgan fingerprint density at radius 1 is 1.56 bits per heavy atom. The second-order valence-corrected chi connectivity index (χ2v) is 5.97. The molecule has 0 saturated heterocycles. The van der Waals surface area contributed by atoms with Crippen LogP contribution in [0.2, 0.25) is 0 Å². The molecule has 1 fully saturated rings. The van der Waals surface area contributed by atoms with Crippen molar-refractivity contribution in [1.82, 2.24) is 4.98 Å². The highest BCUT2D eigenvalue weighted by Crippen LogP contribution is 2.34. The lowest BCUT2D eigenvalue weighted by molar-refractivity contribution is 0.570. The summed E-state index contributed by atoms with van der Waals surface area (Å²) in [4.78, 5) is 7.05. The summed E-state index contributed by atoms with van der Waals surface area (Å²) >= 11 is 7.53. The average Bonchev–Trinajstić information content (AvgIpc) is 2.96. The zero-order valence-electron chi connectivity index (χ0n) is 9.95. The van der Waals surface area contributed by atoms with Gasteiger partial charge in [0, 0.05) is 18.0 Å². The molecule has 0 atom stereocenters. The minimum atomic E-state index is 0.527. The standard InChI is InChI=1S/C12H19ClN2S/c1-9(2)5-6-15(11-3-4-11)12-14-10(7-13)8-16-12/h8-9,11H,3-7H2,1-2H3. The van der Waals surface area contributed by atoms with E-state index in [9.17, 15) is 0 Å². The lowest BCUT2D eigenvalue weighted by atomic mass is 10.1. The van der Waals surface area contributed by atoms with Gasteiger partial charge in [-0.1, -0.05) is 13.8 Å². The topological polar surface area (TPSA) is 16.1 Å². The van der Waals surface area contributed by atoms with E-state index < -0.39 is 0 Å². The zero-order chi connectivity index (χ0) is 11.5. The number of nitrogens with zero attached hydrogens (tertiary/aromatic N) is 2. The maximum Gasteiger partial charge on any atom is 0.185 e. The van der Waals surface area contributed by atoms with Crippen LogP contribution in [-0.2, 0) is 5.88 Å². The van der Waals surface area contributed by atoms with Crippen molar-refractivity contribution in [2.45, 2.75) is 45.0 Å². The van der Waals surface area contributed by atoms with Gasteiger partial charge >= 0.3 is 0 Å². The molecule has 1 aromatic heterocycles. The van der Waals surface area contributed by atoms with E-state index in [-0.39, 0.29) is 0 Å². The Bertz CT molecular complexity index is 334. The van der Waals surface area contributed by atoms with E-state index in [0.717, 1.165) is 24.2 Å². The van der Waals surface area contributed by atoms with Crippen LogP contribution >= 0.6 is 22.9 Å². The first-order valence-electron chi connectivity index (χ1n) is 5.97. The Balaban J connectivity index is 2.00. The zero-order valence-corrected chi connectivity index (χ0v) is 11.5. The van der Waals surface area contributed by atoms with Gasteiger partial charge in [-0.2, -0.15) is 0 Å². The fourth-order valence-corrected chi connectivity index (χ4v) is 2.86. The molecule has 90 valence electrons. The van der Waals surface area contributed by atoms with Crippen molar-refractivity contribution in [1.29, 1.82) is 0 Å². The van der Waals surface area contributed by atoms with E-state index in [1.807, 2.05) is 0 Å². The van der Waals surface area contributed by atoms with Gasteiger partial charge in [-0.3, -0.25) is 0 Å². The summed E-state index contributed by atoms with van der Waals surface area (Å²) in [7, 11) is 0. The van der Waals surface area contributed by atoms with Crippen LogP contribution in [0.25, 0.3) is 0 Å². The third kappa shape index (κ3) is 3.11. The second-order valence-electron chi connectivity index (χ2n) is 4.86. The van der Waals surface area contributed by atoms with E-state index >= 15 is 0 Å². The van der Waals surface area contributed by atoms with Crippen LogP contribution in [0.15, 0.2) is 5.38 Å². The smallest absolute Gasteiger partial charge is 0.185 e. The number of halogens is 1. The number of rotatable bonds is 6. The van der Waals surface area contributed by atoms with Crippen LogP contribution in [-0.4, -0.2) is 17.6 Å². The highest BCUT2D eigenvalue weighted by atomic mass is 35.5. The molecule has 2 nitrogen and oxygen atoms in total. The van der Waals surface area contributed by atoms with Gasteiger partial charge in [0.2, 0.25) is 0 Å². The molecule has 16 heavy (non-hydrogen) atoms. The van der Waals surface area contributed by atoms with Gasteiger partial charge in [-0.25, -0.2) is 4.98 Å². The van der Waals surface area contributed by atoms with Gasteiger partial charge in [0.25, 0.3) is 0 Å². The van der Waals surface area contributed by atoms with Gasteiger partial charge in [0.05, 0.1) is 11.6 Å². The van der Waals surface area contributed by atoms with Gasteiger partial charge in [-0.05, 0) is 25.2 Å². The summed E-state index contributed by atoms with van der Waals surface area (Å²) in [6.07, 6.45) is 3.90. The summed E-state index contributed by atoms with van der Waals surface area (Å²) in [6.45, 7) is 5.69. The Morgan fingerprint density at radius 3 is 2.81 bits per heavy atom.